The fraction of sp³-hybridized carbons (Fsp3) is 1.00. The topological polar surface area (TPSA) is 47.3 Å². The van der Waals surface area contributed by atoms with Crippen molar-refractivity contribution in [3.05, 3.63) is 0 Å². The molecule has 0 spiro atoms. The quantitative estimate of drug-likeness (QED) is 0.566. The van der Waals surface area contributed by atoms with Crippen molar-refractivity contribution in [3.63, 3.8) is 0 Å². The lowest BCUT2D eigenvalue weighted by atomic mass is 9.76. The fourth-order valence-electron chi connectivity index (χ4n) is 3.76. The third-order valence-electron chi connectivity index (χ3n) is 5.01. The van der Waals surface area contributed by atoms with Crippen LogP contribution in [0.3, 0.4) is 0 Å². The van der Waals surface area contributed by atoms with Gasteiger partial charge in [-0.15, -0.1) is 0 Å². The van der Waals surface area contributed by atoms with Crippen molar-refractivity contribution >= 4 is 0 Å². The average molecular weight is 254 g/mol. The molecule has 0 bridgehead atoms. The second-order valence-corrected chi connectivity index (χ2v) is 6.19. The number of hydrogen-bond acceptors (Lipinski definition) is 3. The third kappa shape index (κ3) is 3.94. The molecule has 2 aliphatic rings. The van der Waals surface area contributed by atoms with Crippen LogP contribution in [0.15, 0.2) is 0 Å². The van der Waals surface area contributed by atoms with E-state index in [2.05, 4.69) is 12.3 Å². The zero-order valence-corrected chi connectivity index (χ0v) is 11.9. The van der Waals surface area contributed by atoms with E-state index in [1.807, 2.05) is 0 Å². The summed E-state index contributed by atoms with van der Waals surface area (Å²) < 4.78 is 5.71. The van der Waals surface area contributed by atoms with Crippen molar-refractivity contribution in [1.29, 1.82) is 0 Å². The summed E-state index contributed by atoms with van der Waals surface area (Å²) in [5.41, 5.74) is 3.08. The molecule has 1 saturated carbocycles. The van der Waals surface area contributed by atoms with Gasteiger partial charge in [0.15, 0.2) is 0 Å². The van der Waals surface area contributed by atoms with Gasteiger partial charge in [-0.2, -0.15) is 0 Å². The Morgan fingerprint density at radius 2 is 2.17 bits per heavy atom. The molecule has 0 radical (unpaired) electrons. The molecular formula is C15H30N2O. The van der Waals surface area contributed by atoms with Crippen LogP contribution in [-0.4, -0.2) is 18.8 Å². The lowest BCUT2D eigenvalue weighted by molar-refractivity contribution is 0.0938. The van der Waals surface area contributed by atoms with Crippen LogP contribution in [0.4, 0.5) is 0 Å². The summed E-state index contributed by atoms with van der Waals surface area (Å²) in [7, 11) is 0. The van der Waals surface area contributed by atoms with Gasteiger partial charge in [-0.1, -0.05) is 26.2 Å². The highest BCUT2D eigenvalue weighted by molar-refractivity contribution is 4.82. The molecule has 2 rings (SSSR count). The normalized spacial score (nSPS) is 34.7. The van der Waals surface area contributed by atoms with E-state index in [4.69, 9.17) is 10.6 Å². The van der Waals surface area contributed by atoms with Gasteiger partial charge in [0.1, 0.15) is 0 Å². The van der Waals surface area contributed by atoms with Crippen LogP contribution in [0, 0.1) is 11.8 Å². The van der Waals surface area contributed by atoms with E-state index in [1.165, 1.54) is 57.8 Å². The molecule has 106 valence electrons. The minimum atomic E-state index is 0.503. The molecule has 4 unspecified atom stereocenters. The maximum Gasteiger partial charge on any atom is 0.0576 e. The summed E-state index contributed by atoms with van der Waals surface area (Å²) in [6.07, 6.45) is 12.2. The lowest BCUT2D eigenvalue weighted by Crippen LogP contribution is -2.43. The molecule has 18 heavy (non-hydrogen) atoms. The van der Waals surface area contributed by atoms with E-state index in [9.17, 15) is 0 Å². The molecule has 0 amide bonds. The minimum absolute atomic E-state index is 0.503. The molecular weight excluding hydrogens is 224 g/mol. The predicted molar refractivity (Wildman–Crippen MR) is 75.1 cm³/mol. The monoisotopic (exact) mass is 254 g/mol. The van der Waals surface area contributed by atoms with Crippen molar-refractivity contribution in [2.45, 2.75) is 76.9 Å². The van der Waals surface area contributed by atoms with Crippen LogP contribution in [0.25, 0.3) is 0 Å². The second-order valence-electron chi connectivity index (χ2n) is 6.19. The first-order valence-corrected chi connectivity index (χ1v) is 7.91. The van der Waals surface area contributed by atoms with Crippen LogP contribution in [0.2, 0.25) is 0 Å². The molecule has 1 aliphatic carbocycles. The summed E-state index contributed by atoms with van der Waals surface area (Å²) in [6.45, 7) is 3.29. The Morgan fingerprint density at radius 1 is 1.28 bits per heavy atom. The van der Waals surface area contributed by atoms with Crippen LogP contribution in [0.5, 0.6) is 0 Å². The molecule has 4 atom stereocenters. The first-order chi connectivity index (χ1) is 8.83. The minimum Gasteiger partial charge on any atom is -0.378 e. The van der Waals surface area contributed by atoms with E-state index in [0.717, 1.165) is 18.4 Å². The van der Waals surface area contributed by atoms with Crippen molar-refractivity contribution in [2.24, 2.45) is 17.7 Å². The standard InChI is InChI=1S/C15H30N2O/c1-2-12-5-3-6-13(11-12)15(17-16)9-8-14-7-4-10-18-14/h12-15,17H,2-11,16H2,1H3. The van der Waals surface area contributed by atoms with E-state index in [0.29, 0.717) is 12.1 Å². The van der Waals surface area contributed by atoms with Gasteiger partial charge in [0.25, 0.3) is 0 Å². The lowest BCUT2D eigenvalue weighted by Gasteiger charge is -2.34. The number of rotatable bonds is 6. The maximum absolute atomic E-state index is 5.78. The summed E-state index contributed by atoms with van der Waals surface area (Å²) >= 11 is 0. The summed E-state index contributed by atoms with van der Waals surface area (Å²) in [5.74, 6) is 7.50. The first-order valence-electron chi connectivity index (χ1n) is 7.91. The smallest absolute Gasteiger partial charge is 0.0576 e. The number of ether oxygens (including phenoxy) is 1. The number of nitrogens with one attached hydrogen (secondary N) is 1. The molecule has 3 N–H and O–H groups in total. The van der Waals surface area contributed by atoms with Crippen molar-refractivity contribution in [1.82, 2.24) is 5.43 Å². The molecule has 1 saturated heterocycles. The fourth-order valence-corrected chi connectivity index (χ4v) is 3.76. The zero-order chi connectivity index (χ0) is 12.8. The first kappa shape index (κ1) is 14.3. The van der Waals surface area contributed by atoms with Gasteiger partial charge in [-0.05, 0) is 50.4 Å². The van der Waals surface area contributed by atoms with Gasteiger partial charge in [-0.3, -0.25) is 11.3 Å². The summed E-state index contributed by atoms with van der Waals surface area (Å²) in [5, 5.41) is 0. The molecule has 3 nitrogen and oxygen atoms in total. The third-order valence-corrected chi connectivity index (χ3v) is 5.01. The van der Waals surface area contributed by atoms with Gasteiger partial charge in [0.2, 0.25) is 0 Å². The SMILES string of the molecule is CCC1CCCC(C(CCC2CCCO2)NN)C1. The zero-order valence-electron chi connectivity index (χ0n) is 11.9. The van der Waals surface area contributed by atoms with E-state index < -0.39 is 0 Å². The van der Waals surface area contributed by atoms with Crippen molar-refractivity contribution in [2.75, 3.05) is 6.61 Å². The predicted octanol–water partition coefficient (Wildman–Crippen LogP) is 2.99. The van der Waals surface area contributed by atoms with Crippen LogP contribution in [-0.2, 0) is 4.74 Å². The number of nitrogens with two attached hydrogens (primary N) is 1. The molecule has 3 heteroatoms. The highest BCUT2D eigenvalue weighted by Gasteiger charge is 2.28. The van der Waals surface area contributed by atoms with Gasteiger partial charge in [-0.25, -0.2) is 0 Å². The summed E-state index contributed by atoms with van der Waals surface area (Å²) in [4.78, 5) is 0. The Bertz CT molecular complexity index is 229. The Balaban J connectivity index is 1.75. The van der Waals surface area contributed by atoms with Crippen molar-refractivity contribution < 1.29 is 4.74 Å². The van der Waals surface area contributed by atoms with E-state index in [-0.39, 0.29) is 0 Å². The second kappa shape index (κ2) is 7.46. The van der Waals surface area contributed by atoms with Crippen LogP contribution < -0.4 is 11.3 Å². The molecule has 2 fully saturated rings. The highest BCUT2D eigenvalue weighted by atomic mass is 16.5. The molecule has 0 aromatic carbocycles. The van der Waals surface area contributed by atoms with E-state index >= 15 is 0 Å². The number of hydrogen-bond donors (Lipinski definition) is 2. The Morgan fingerprint density at radius 3 is 2.83 bits per heavy atom. The van der Waals surface area contributed by atoms with Gasteiger partial charge in [0.05, 0.1) is 6.10 Å². The van der Waals surface area contributed by atoms with Gasteiger partial charge < -0.3 is 4.74 Å². The Kier molecular flexibility index (Phi) is 5.93. The largest absolute Gasteiger partial charge is 0.378 e. The maximum atomic E-state index is 5.78. The van der Waals surface area contributed by atoms with Crippen LogP contribution in [0.1, 0.15) is 64.7 Å². The Labute approximate surface area is 112 Å². The summed E-state index contributed by atoms with van der Waals surface area (Å²) in [6, 6.07) is 0.503. The van der Waals surface area contributed by atoms with Crippen molar-refractivity contribution in [3.8, 4) is 0 Å². The van der Waals surface area contributed by atoms with Crippen LogP contribution >= 0.6 is 0 Å². The molecule has 1 aliphatic heterocycles. The number of hydrazine groups is 1. The van der Waals surface area contributed by atoms with Gasteiger partial charge >= 0.3 is 0 Å². The van der Waals surface area contributed by atoms with Gasteiger partial charge in [0, 0.05) is 12.6 Å². The average Bonchev–Trinajstić information content (AvgIpc) is 2.93. The molecule has 0 aromatic heterocycles. The molecule has 0 aromatic rings. The molecule has 1 heterocycles. The highest BCUT2D eigenvalue weighted by Crippen LogP contribution is 2.34. The Hall–Kier alpha value is -0.120. The van der Waals surface area contributed by atoms with E-state index in [1.54, 1.807) is 0 Å².